The van der Waals surface area contributed by atoms with Crippen molar-refractivity contribution in [2.75, 3.05) is 32.7 Å². The van der Waals surface area contributed by atoms with Crippen molar-refractivity contribution in [2.45, 2.75) is 33.2 Å². The van der Waals surface area contributed by atoms with Crippen LogP contribution in [0.2, 0.25) is 0 Å². The molecule has 138 valence electrons. The van der Waals surface area contributed by atoms with Gasteiger partial charge in [-0.05, 0) is 30.4 Å². The number of carbonyl (C=O) groups excluding carboxylic acids is 2. The predicted octanol–water partition coefficient (Wildman–Crippen LogP) is 1.72. The Labute approximate surface area is 149 Å². The molecular formula is C19H29N3O3. The topological polar surface area (TPSA) is 65.8 Å². The van der Waals surface area contributed by atoms with Crippen LogP contribution < -0.4 is 5.32 Å². The number of rotatable bonds is 6. The first-order valence-corrected chi connectivity index (χ1v) is 9.31. The molecule has 2 aliphatic heterocycles. The maximum absolute atomic E-state index is 12.4. The van der Waals surface area contributed by atoms with E-state index in [1.165, 1.54) is 6.42 Å². The third kappa shape index (κ3) is 4.84. The Hall–Kier alpha value is -1.82. The van der Waals surface area contributed by atoms with Gasteiger partial charge in [0.1, 0.15) is 5.76 Å². The lowest BCUT2D eigenvalue weighted by Gasteiger charge is -2.34. The van der Waals surface area contributed by atoms with Crippen LogP contribution in [-0.4, -0.2) is 54.3 Å². The largest absolute Gasteiger partial charge is 0.467 e. The molecule has 3 heterocycles. The number of hydrogen-bond acceptors (Lipinski definition) is 4. The van der Waals surface area contributed by atoms with Gasteiger partial charge < -0.3 is 19.5 Å². The molecule has 1 aromatic rings. The van der Waals surface area contributed by atoms with Gasteiger partial charge in [0.2, 0.25) is 11.8 Å². The fraction of sp³-hybridized carbons (Fsp3) is 0.684. The summed E-state index contributed by atoms with van der Waals surface area (Å²) in [5, 5.41) is 3.02. The lowest BCUT2D eigenvalue weighted by Crippen LogP contribution is -2.43. The molecule has 25 heavy (non-hydrogen) atoms. The van der Waals surface area contributed by atoms with E-state index in [9.17, 15) is 9.59 Å². The van der Waals surface area contributed by atoms with Crippen molar-refractivity contribution in [3.05, 3.63) is 24.2 Å². The zero-order valence-corrected chi connectivity index (χ0v) is 15.2. The molecule has 1 aromatic heterocycles. The number of hydrogen-bond donors (Lipinski definition) is 1. The van der Waals surface area contributed by atoms with Crippen LogP contribution in [0.4, 0.5) is 0 Å². The molecule has 1 N–H and O–H groups in total. The molecule has 3 atom stereocenters. The van der Waals surface area contributed by atoms with E-state index in [1.807, 2.05) is 12.1 Å². The molecule has 0 radical (unpaired) electrons. The second kappa shape index (κ2) is 8.04. The number of likely N-dealkylation sites (tertiary alicyclic amines) is 2. The van der Waals surface area contributed by atoms with Gasteiger partial charge in [0.15, 0.2) is 0 Å². The van der Waals surface area contributed by atoms with Crippen molar-refractivity contribution in [2.24, 2.45) is 17.8 Å². The van der Waals surface area contributed by atoms with Crippen LogP contribution in [0.15, 0.2) is 22.8 Å². The number of furan rings is 1. The van der Waals surface area contributed by atoms with Gasteiger partial charge in [-0.15, -0.1) is 0 Å². The monoisotopic (exact) mass is 347 g/mol. The van der Waals surface area contributed by atoms with Crippen LogP contribution in [-0.2, 0) is 16.1 Å². The molecule has 3 rings (SSSR count). The van der Waals surface area contributed by atoms with Crippen molar-refractivity contribution >= 4 is 11.8 Å². The lowest BCUT2D eigenvalue weighted by molar-refractivity contribution is -0.129. The zero-order chi connectivity index (χ0) is 17.8. The molecule has 2 amide bonds. The summed E-state index contributed by atoms with van der Waals surface area (Å²) >= 11 is 0. The van der Waals surface area contributed by atoms with Crippen molar-refractivity contribution in [3.8, 4) is 0 Å². The van der Waals surface area contributed by atoms with E-state index in [1.54, 1.807) is 11.2 Å². The SMILES string of the molecule is C[C@@H]1C[C@@H](C)CN(CCNC(=O)[C@H]2CC(=O)N(Cc3ccco3)C2)C1. The highest BCUT2D eigenvalue weighted by atomic mass is 16.3. The van der Waals surface area contributed by atoms with Crippen LogP contribution in [0.5, 0.6) is 0 Å². The molecule has 2 fully saturated rings. The zero-order valence-electron chi connectivity index (χ0n) is 15.2. The summed E-state index contributed by atoms with van der Waals surface area (Å²) in [6, 6.07) is 3.66. The van der Waals surface area contributed by atoms with Crippen LogP contribution in [0.3, 0.4) is 0 Å². The number of piperidine rings is 1. The smallest absolute Gasteiger partial charge is 0.225 e. The molecule has 6 heteroatoms. The normalized spacial score (nSPS) is 27.7. The van der Waals surface area contributed by atoms with Crippen molar-refractivity contribution in [3.63, 3.8) is 0 Å². The first-order chi connectivity index (χ1) is 12.0. The van der Waals surface area contributed by atoms with Crippen LogP contribution in [0, 0.1) is 17.8 Å². The van der Waals surface area contributed by atoms with Crippen LogP contribution >= 0.6 is 0 Å². The standard InChI is InChI=1S/C19H29N3O3/c1-14-8-15(2)11-21(10-14)6-5-20-19(24)16-9-18(23)22(12-16)13-17-4-3-7-25-17/h3-4,7,14-16H,5-6,8-13H2,1-2H3,(H,20,24)/t14-,15-,16+/m1/s1. The molecule has 0 saturated carbocycles. The van der Waals surface area contributed by atoms with Gasteiger partial charge in [-0.3, -0.25) is 9.59 Å². The van der Waals surface area contributed by atoms with Gasteiger partial charge in [-0.1, -0.05) is 13.8 Å². The number of carbonyl (C=O) groups is 2. The maximum atomic E-state index is 12.4. The molecule has 2 aliphatic rings. The fourth-order valence-corrected chi connectivity index (χ4v) is 4.15. The van der Waals surface area contributed by atoms with E-state index in [2.05, 4.69) is 24.1 Å². The van der Waals surface area contributed by atoms with Gasteiger partial charge in [0.05, 0.1) is 18.7 Å². The van der Waals surface area contributed by atoms with Gasteiger partial charge in [0.25, 0.3) is 0 Å². The third-order valence-corrected chi connectivity index (χ3v) is 5.18. The third-order valence-electron chi connectivity index (χ3n) is 5.18. The molecule has 6 nitrogen and oxygen atoms in total. The summed E-state index contributed by atoms with van der Waals surface area (Å²) in [5.74, 6) is 1.97. The molecule has 0 bridgehead atoms. The average Bonchev–Trinajstić information content (AvgIpc) is 3.17. The summed E-state index contributed by atoms with van der Waals surface area (Å²) < 4.78 is 5.29. The van der Waals surface area contributed by atoms with Gasteiger partial charge in [0, 0.05) is 39.1 Å². The molecule has 0 unspecified atom stereocenters. The van der Waals surface area contributed by atoms with E-state index >= 15 is 0 Å². The average molecular weight is 347 g/mol. The highest BCUT2D eigenvalue weighted by Crippen LogP contribution is 2.21. The minimum Gasteiger partial charge on any atom is -0.467 e. The lowest BCUT2D eigenvalue weighted by atomic mass is 9.92. The Morgan fingerprint density at radius 3 is 2.72 bits per heavy atom. The van der Waals surface area contributed by atoms with Crippen molar-refractivity contribution in [1.82, 2.24) is 15.1 Å². The molecule has 2 saturated heterocycles. The van der Waals surface area contributed by atoms with Crippen molar-refractivity contribution < 1.29 is 14.0 Å². The van der Waals surface area contributed by atoms with Gasteiger partial charge in [-0.25, -0.2) is 0 Å². The second-order valence-electron chi connectivity index (χ2n) is 7.75. The summed E-state index contributed by atoms with van der Waals surface area (Å²) in [6.07, 6.45) is 3.19. The Balaban J connectivity index is 1.40. The minimum atomic E-state index is -0.248. The Kier molecular flexibility index (Phi) is 5.78. The highest BCUT2D eigenvalue weighted by Gasteiger charge is 2.34. The summed E-state index contributed by atoms with van der Waals surface area (Å²) in [5.41, 5.74) is 0. The first-order valence-electron chi connectivity index (χ1n) is 9.31. The summed E-state index contributed by atoms with van der Waals surface area (Å²) in [7, 11) is 0. The van der Waals surface area contributed by atoms with E-state index in [-0.39, 0.29) is 17.7 Å². The van der Waals surface area contributed by atoms with Crippen LogP contribution in [0.25, 0.3) is 0 Å². The maximum Gasteiger partial charge on any atom is 0.225 e. The first kappa shape index (κ1) is 18.0. The van der Waals surface area contributed by atoms with Gasteiger partial charge in [-0.2, -0.15) is 0 Å². The number of nitrogens with one attached hydrogen (secondary N) is 1. The Bertz CT molecular complexity index is 577. The quantitative estimate of drug-likeness (QED) is 0.851. The Morgan fingerprint density at radius 2 is 2.04 bits per heavy atom. The molecule has 0 spiro atoms. The summed E-state index contributed by atoms with van der Waals surface area (Å²) in [4.78, 5) is 28.6. The van der Waals surface area contributed by atoms with E-state index in [0.717, 1.165) is 37.2 Å². The summed E-state index contributed by atoms with van der Waals surface area (Å²) in [6.45, 7) is 9.26. The Morgan fingerprint density at radius 1 is 1.28 bits per heavy atom. The highest BCUT2D eigenvalue weighted by molar-refractivity contribution is 5.89. The fourth-order valence-electron chi connectivity index (χ4n) is 4.15. The second-order valence-corrected chi connectivity index (χ2v) is 7.75. The van der Waals surface area contributed by atoms with Gasteiger partial charge >= 0.3 is 0 Å². The van der Waals surface area contributed by atoms with Crippen molar-refractivity contribution in [1.29, 1.82) is 0 Å². The van der Waals surface area contributed by atoms with E-state index in [0.29, 0.717) is 26.1 Å². The van der Waals surface area contributed by atoms with E-state index < -0.39 is 0 Å². The number of amides is 2. The molecular weight excluding hydrogens is 318 g/mol. The predicted molar refractivity (Wildman–Crippen MR) is 94.6 cm³/mol. The molecule has 0 aliphatic carbocycles. The molecule has 0 aromatic carbocycles. The number of nitrogens with zero attached hydrogens (tertiary/aromatic N) is 2. The van der Waals surface area contributed by atoms with E-state index in [4.69, 9.17) is 4.42 Å². The minimum absolute atomic E-state index is 0.00611. The van der Waals surface area contributed by atoms with Crippen LogP contribution in [0.1, 0.15) is 32.4 Å².